The van der Waals surface area contributed by atoms with Gasteiger partial charge in [-0.25, -0.2) is 17.5 Å². The van der Waals surface area contributed by atoms with Gasteiger partial charge in [-0.1, -0.05) is 30.3 Å². The van der Waals surface area contributed by atoms with E-state index in [1.165, 1.54) is 12.1 Å². The van der Waals surface area contributed by atoms with Crippen LogP contribution in [0.5, 0.6) is 0 Å². The van der Waals surface area contributed by atoms with Crippen molar-refractivity contribution in [2.75, 3.05) is 0 Å². The van der Waals surface area contributed by atoms with Crippen LogP contribution in [0.4, 0.5) is 4.39 Å². The minimum Gasteiger partial charge on any atom is -0.207 e. The summed E-state index contributed by atoms with van der Waals surface area (Å²) in [6.07, 6.45) is 0. The van der Waals surface area contributed by atoms with Gasteiger partial charge < -0.3 is 0 Å². The SMILES string of the molecule is O=S(=O)(NCc1ccccc1)c1ccc(F)cc1. The van der Waals surface area contributed by atoms with Gasteiger partial charge in [0.1, 0.15) is 5.82 Å². The van der Waals surface area contributed by atoms with Crippen LogP contribution >= 0.6 is 0 Å². The first-order valence-electron chi connectivity index (χ1n) is 5.37. The highest BCUT2D eigenvalue weighted by Crippen LogP contribution is 2.10. The van der Waals surface area contributed by atoms with E-state index in [0.717, 1.165) is 17.7 Å². The Kier molecular flexibility index (Phi) is 3.74. The van der Waals surface area contributed by atoms with Crippen molar-refractivity contribution in [1.82, 2.24) is 4.72 Å². The van der Waals surface area contributed by atoms with E-state index >= 15 is 0 Å². The Morgan fingerprint density at radius 1 is 0.944 bits per heavy atom. The quantitative estimate of drug-likeness (QED) is 0.922. The summed E-state index contributed by atoms with van der Waals surface area (Å²) < 4.78 is 38.9. The first-order valence-corrected chi connectivity index (χ1v) is 6.85. The van der Waals surface area contributed by atoms with Crippen molar-refractivity contribution in [3.63, 3.8) is 0 Å². The fourth-order valence-corrected chi connectivity index (χ4v) is 2.49. The summed E-state index contributed by atoms with van der Waals surface area (Å²) in [5.74, 6) is -0.461. The van der Waals surface area contributed by atoms with Crippen molar-refractivity contribution < 1.29 is 12.8 Å². The lowest BCUT2D eigenvalue weighted by Crippen LogP contribution is -2.23. The molecule has 94 valence electrons. The van der Waals surface area contributed by atoms with Crippen LogP contribution in [-0.2, 0) is 16.6 Å². The molecule has 0 aliphatic heterocycles. The van der Waals surface area contributed by atoms with Gasteiger partial charge >= 0.3 is 0 Å². The predicted molar refractivity (Wildman–Crippen MR) is 66.9 cm³/mol. The average molecular weight is 265 g/mol. The summed E-state index contributed by atoms with van der Waals surface area (Å²) in [5.41, 5.74) is 0.864. The summed E-state index contributed by atoms with van der Waals surface area (Å²) >= 11 is 0. The first kappa shape index (κ1) is 12.7. The van der Waals surface area contributed by atoms with Crippen molar-refractivity contribution in [1.29, 1.82) is 0 Å². The van der Waals surface area contributed by atoms with Gasteiger partial charge in [0, 0.05) is 6.54 Å². The molecule has 0 saturated heterocycles. The van der Waals surface area contributed by atoms with Crippen molar-refractivity contribution in [3.05, 3.63) is 66.0 Å². The zero-order valence-electron chi connectivity index (χ0n) is 9.51. The lowest BCUT2D eigenvalue weighted by molar-refractivity contribution is 0.580. The van der Waals surface area contributed by atoms with Crippen molar-refractivity contribution in [2.24, 2.45) is 0 Å². The number of halogens is 1. The third-order valence-electron chi connectivity index (χ3n) is 2.43. The molecule has 0 saturated carbocycles. The smallest absolute Gasteiger partial charge is 0.207 e. The van der Waals surface area contributed by atoms with Crippen molar-refractivity contribution in [2.45, 2.75) is 11.4 Å². The summed E-state index contributed by atoms with van der Waals surface area (Å²) in [6.45, 7) is 0.209. The third kappa shape index (κ3) is 3.15. The van der Waals surface area contributed by atoms with Crippen LogP contribution in [0, 0.1) is 5.82 Å². The van der Waals surface area contributed by atoms with Crippen molar-refractivity contribution in [3.8, 4) is 0 Å². The van der Waals surface area contributed by atoms with Crippen LogP contribution in [0.1, 0.15) is 5.56 Å². The molecule has 2 rings (SSSR count). The summed E-state index contributed by atoms with van der Waals surface area (Å²) in [5, 5.41) is 0. The molecule has 0 fully saturated rings. The number of rotatable bonds is 4. The third-order valence-corrected chi connectivity index (χ3v) is 3.85. The molecule has 0 aliphatic rings. The largest absolute Gasteiger partial charge is 0.240 e. The summed E-state index contributed by atoms with van der Waals surface area (Å²) in [6, 6.07) is 13.9. The van der Waals surface area contributed by atoms with Gasteiger partial charge in [0.2, 0.25) is 10.0 Å². The van der Waals surface area contributed by atoms with Gasteiger partial charge in [0.25, 0.3) is 0 Å². The van der Waals surface area contributed by atoms with Gasteiger partial charge in [-0.2, -0.15) is 0 Å². The number of hydrogen-bond acceptors (Lipinski definition) is 2. The highest BCUT2D eigenvalue weighted by Gasteiger charge is 2.13. The van der Waals surface area contributed by atoms with E-state index in [1.807, 2.05) is 30.3 Å². The molecule has 3 nitrogen and oxygen atoms in total. The molecule has 0 aliphatic carbocycles. The molecule has 0 heterocycles. The molecule has 0 unspecified atom stereocenters. The number of nitrogens with one attached hydrogen (secondary N) is 1. The van der Waals surface area contributed by atoms with Crippen LogP contribution < -0.4 is 4.72 Å². The Hall–Kier alpha value is -1.72. The van der Waals surface area contributed by atoms with E-state index < -0.39 is 15.8 Å². The number of benzene rings is 2. The van der Waals surface area contributed by atoms with E-state index in [9.17, 15) is 12.8 Å². The van der Waals surface area contributed by atoms with Crippen LogP contribution in [0.3, 0.4) is 0 Å². The summed E-state index contributed by atoms with van der Waals surface area (Å²) in [7, 11) is -3.59. The van der Waals surface area contributed by atoms with Crippen LogP contribution in [-0.4, -0.2) is 8.42 Å². The molecule has 0 spiro atoms. The van der Waals surface area contributed by atoms with E-state index in [1.54, 1.807) is 0 Å². The van der Waals surface area contributed by atoms with Gasteiger partial charge in [0.05, 0.1) is 4.90 Å². The topological polar surface area (TPSA) is 46.2 Å². The minimum atomic E-state index is -3.59. The first-order chi connectivity index (χ1) is 8.58. The molecule has 1 N–H and O–H groups in total. The molecule has 0 bridgehead atoms. The van der Waals surface area contributed by atoms with Gasteiger partial charge in [-0.15, -0.1) is 0 Å². The average Bonchev–Trinajstić information content (AvgIpc) is 2.38. The fourth-order valence-electron chi connectivity index (χ4n) is 1.47. The van der Waals surface area contributed by atoms with Crippen LogP contribution in [0.15, 0.2) is 59.5 Å². The molecule has 0 aromatic heterocycles. The molecule has 0 atom stereocenters. The second-order valence-corrected chi connectivity index (χ2v) is 5.53. The van der Waals surface area contributed by atoms with E-state index in [4.69, 9.17) is 0 Å². The normalized spacial score (nSPS) is 11.4. The Morgan fingerprint density at radius 2 is 1.56 bits per heavy atom. The van der Waals surface area contributed by atoms with Gasteiger partial charge in [-0.05, 0) is 29.8 Å². The maximum Gasteiger partial charge on any atom is 0.240 e. The fraction of sp³-hybridized carbons (Fsp3) is 0.0769. The van der Waals surface area contributed by atoms with Crippen LogP contribution in [0.2, 0.25) is 0 Å². The van der Waals surface area contributed by atoms with Gasteiger partial charge in [0.15, 0.2) is 0 Å². The maximum absolute atomic E-state index is 12.7. The highest BCUT2D eigenvalue weighted by molar-refractivity contribution is 7.89. The minimum absolute atomic E-state index is 0.0554. The Balaban J connectivity index is 2.11. The van der Waals surface area contributed by atoms with Crippen molar-refractivity contribution >= 4 is 10.0 Å². The molecule has 2 aromatic carbocycles. The lowest BCUT2D eigenvalue weighted by Gasteiger charge is -2.06. The standard InChI is InChI=1S/C13H12FNO2S/c14-12-6-8-13(9-7-12)18(16,17)15-10-11-4-2-1-3-5-11/h1-9,15H,10H2. The number of hydrogen-bond donors (Lipinski definition) is 1. The van der Waals surface area contributed by atoms with E-state index in [2.05, 4.69) is 4.72 Å². The Bertz CT molecular complexity index is 609. The molecule has 5 heteroatoms. The second kappa shape index (κ2) is 5.29. The molecule has 18 heavy (non-hydrogen) atoms. The zero-order chi connectivity index (χ0) is 13.0. The zero-order valence-corrected chi connectivity index (χ0v) is 10.3. The Labute approximate surface area is 105 Å². The molecular weight excluding hydrogens is 253 g/mol. The lowest BCUT2D eigenvalue weighted by atomic mass is 10.2. The summed E-state index contributed by atoms with van der Waals surface area (Å²) in [4.78, 5) is 0.0554. The Morgan fingerprint density at radius 3 is 2.17 bits per heavy atom. The van der Waals surface area contributed by atoms with Crippen LogP contribution in [0.25, 0.3) is 0 Å². The second-order valence-electron chi connectivity index (χ2n) is 3.76. The molecule has 2 aromatic rings. The number of sulfonamides is 1. The van der Waals surface area contributed by atoms with E-state index in [0.29, 0.717) is 0 Å². The molecule has 0 radical (unpaired) electrons. The molecular formula is C13H12FNO2S. The highest BCUT2D eigenvalue weighted by atomic mass is 32.2. The van der Waals surface area contributed by atoms with E-state index in [-0.39, 0.29) is 11.4 Å². The monoisotopic (exact) mass is 265 g/mol. The van der Waals surface area contributed by atoms with Gasteiger partial charge in [-0.3, -0.25) is 0 Å². The maximum atomic E-state index is 12.7. The molecule has 0 amide bonds. The predicted octanol–water partition coefficient (Wildman–Crippen LogP) is 2.30.